The van der Waals surface area contributed by atoms with Crippen LogP contribution < -0.4 is 4.90 Å². The molecule has 1 heterocycles. The minimum absolute atomic E-state index is 0.237. The topological polar surface area (TPSA) is 29.5 Å². The van der Waals surface area contributed by atoms with E-state index in [1.807, 2.05) is 31.2 Å². The van der Waals surface area contributed by atoms with Crippen molar-refractivity contribution in [2.45, 2.75) is 33.1 Å². The van der Waals surface area contributed by atoms with Crippen molar-refractivity contribution in [2.75, 3.05) is 24.6 Å². The van der Waals surface area contributed by atoms with Crippen LogP contribution in [0.1, 0.15) is 43.5 Å². The highest BCUT2D eigenvalue weighted by Crippen LogP contribution is 2.26. The van der Waals surface area contributed by atoms with Crippen molar-refractivity contribution in [3.05, 3.63) is 29.8 Å². The van der Waals surface area contributed by atoms with Crippen LogP contribution in [-0.2, 0) is 4.74 Å². The Balaban J connectivity index is 1.97. The average Bonchev–Trinajstić information content (AvgIpc) is 2.88. The van der Waals surface area contributed by atoms with Gasteiger partial charge in [0.05, 0.1) is 12.2 Å². The monoisotopic (exact) mass is 261 g/mol. The molecule has 19 heavy (non-hydrogen) atoms. The molecule has 2 rings (SSSR count). The second-order valence-electron chi connectivity index (χ2n) is 5.16. The van der Waals surface area contributed by atoms with E-state index in [0.717, 1.165) is 19.0 Å². The van der Waals surface area contributed by atoms with Crippen LogP contribution in [0.25, 0.3) is 0 Å². The maximum absolute atomic E-state index is 11.6. The third-order valence-electron chi connectivity index (χ3n) is 3.73. The van der Waals surface area contributed by atoms with E-state index in [4.69, 9.17) is 4.74 Å². The summed E-state index contributed by atoms with van der Waals surface area (Å²) in [5.41, 5.74) is 1.85. The fourth-order valence-corrected chi connectivity index (χ4v) is 2.73. The molecule has 1 aliphatic heterocycles. The van der Waals surface area contributed by atoms with Gasteiger partial charge >= 0.3 is 5.97 Å². The van der Waals surface area contributed by atoms with Gasteiger partial charge < -0.3 is 9.64 Å². The van der Waals surface area contributed by atoms with Crippen LogP contribution in [0, 0.1) is 5.92 Å². The first-order valence-electron chi connectivity index (χ1n) is 7.26. The maximum atomic E-state index is 11.6. The molecule has 1 aromatic rings. The van der Waals surface area contributed by atoms with Gasteiger partial charge in [0.1, 0.15) is 0 Å². The third-order valence-corrected chi connectivity index (χ3v) is 3.73. The normalized spacial score (nSPS) is 18.6. The number of rotatable bonds is 5. The lowest BCUT2D eigenvalue weighted by molar-refractivity contribution is 0.0526. The first kappa shape index (κ1) is 13.9. The molecule has 1 saturated heterocycles. The zero-order chi connectivity index (χ0) is 13.7. The summed E-state index contributed by atoms with van der Waals surface area (Å²) in [6.07, 6.45) is 3.87. The molecule has 0 saturated carbocycles. The van der Waals surface area contributed by atoms with Crippen LogP contribution in [0.4, 0.5) is 5.69 Å². The zero-order valence-electron chi connectivity index (χ0n) is 11.9. The van der Waals surface area contributed by atoms with E-state index in [1.54, 1.807) is 0 Å². The van der Waals surface area contributed by atoms with E-state index in [0.29, 0.717) is 12.2 Å². The molecule has 0 bridgehead atoms. The Hall–Kier alpha value is -1.51. The van der Waals surface area contributed by atoms with Gasteiger partial charge in [-0.05, 0) is 49.9 Å². The van der Waals surface area contributed by atoms with Gasteiger partial charge in [0, 0.05) is 18.8 Å². The van der Waals surface area contributed by atoms with Gasteiger partial charge in [0.15, 0.2) is 0 Å². The number of carbonyl (C=O) groups is 1. The van der Waals surface area contributed by atoms with E-state index in [9.17, 15) is 4.79 Å². The number of hydrogen-bond donors (Lipinski definition) is 0. The van der Waals surface area contributed by atoms with Crippen molar-refractivity contribution < 1.29 is 9.53 Å². The number of carbonyl (C=O) groups excluding carboxylic acids is 1. The van der Waals surface area contributed by atoms with E-state index in [-0.39, 0.29) is 5.97 Å². The Bertz CT molecular complexity index is 413. The molecule has 0 amide bonds. The summed E-state index contributed by atoms with van der Waals surface area (Å²) < 4.78 is 4.99. The van der Waals surface area contributed by atoms with E-state index in [1.165, 1.54) is 24.9 Å². The largest absolute Gasteiger partial charge is 0.462 e. The van der Waals surface area contributed by atoms with Crippen LogP contribution in [0.15, 0.2) is 24.3 Å². The lowest BCUT2D eigenvalue weighted by atomic mass is 10.0. The molecule has 0 aromatic heterocycles. The molecule has 1 fully saturated rings. The van der Waals surface area contributed by atoms with Gasteiger partial charge in [0.2, 0.25) is 0 Å². The van der Waals surface area contributed by atoms with E-state index in [2.05, 4.69) is 11.8 Å². The quantitative estimate of drug-likeness (QED) is 0.760. The summed E-state index contributed by atoms with van der Waals surface area (Å²) in [6.45, 7) is 6.77. The van der Waals surface area contributed by atoms with Crippen LogP contribution >= 0.6 is 0 Å². The molecule has 104 valence electrons. The maximum Gasteiger partial charge on any atom is 0.338 e. The summed E-state index contributed by atoms with van der Waals surface area (Å²) in [4.78, 5) is 14.0. The molecule has 0 N–H and O–H groups in total. The minimum atomic E-state index is -0.237. The lowest BCUT2D eigenvalue weighted by Crippen LogP contribution is -2.19. The van der Waals surface area contributed by atoms with Crippen molar-refractivity contribution in [3.8, 4) is 0 Å². The summed E-state index contributed by atoms with van der Waals surface area (Å²) in [6, 6.07) is 7.78. The van der Waals surface area contributed by atoms with E-state index >= 15 is 0 Å². The van der Waals surface area contributed by atoms with Gasteiger partial charge in [0.25, 0.3) is 0 Å². The van der Waals surface area contributed by atoms with Crippen molar-refractivity contribution >= 4 is 11.7 Å². The van der Waals surface area contributed by atoms with Crippen molar-refractivity contribution in [1.82, 2.24) is 0 Å². The van der Waals surface area contributed by atoms with Crippen LogP contribution in [0.2, 0.25) is 0 Å². The fourth-order valence-electron chi connectivity index (χ4n) is 2.73. The highest BCUT2D eigenvalue weighted by Gasteiger charge is 2.21. The van der Waals surface area contributed by atoms with Crippen LogP contribution in [0.5, 0.6) is 0 Å². The first-order valence-corrected chi connectivity index (χ1v) is 7.26. The van der Waals surface area contributed by atoms with E-state index < -0.39 is 0 Å². The molecule has 0 radical (unpaired) electrons. The minimum Gasteiger partial charge on any atom is -0.462 e. The zero-order valence-corrected chi connectivity index (χ0v) is 11.9. The number of esters is 1. The molecule has 3 nitrogen and oxygen atoms in total. The number of anilines is 1. The summed E-state index contributed by atoms with van der Waals surface area (Å²) in [5.74, 6) is 0.592. The summed E-state index contributed by atoms with van der Waals surface area (Å²) in [7, 11) is 0. The van der Waals surface area contributed by atoms with Gasteiger partial charge in [-0.25, -0.2) is 4.79 Å². The average molecular weight is 261 g/mol. The molecule has 1 aliphatic rings. The molecular formula is C16H23NO2. The van der Waals surface area contributed by atoms with Crippen LogP contribution in [-0.4, -0.2) is 25.7 Å². The van der Waals surface area contributed by atoms with Crippen molar-refractivity contribution in [2.24, 2.45) is 5.92 Å². The Morgan fingerprint density at radius 3 is 2.68 bits per heavy atom. The molecule has 1 atom stereocenters. The second-order valence-corrected chi connectivity index (χ2v) is 5.16. The number of hydrogen-bond acceptors (Lipinski definition) is 3. The van der Waals surface area contributed by atoms with Crippen LogP contribution in [0.3, 0.4) is 0 Å². The Kier molecular flexibility index (Phi) is 4.83. The molecule has 1 aromatic carbocycles. The van der Waals surface area contributed by atoms with Crippen molar-refractivity contribution in [1.29, 1.82) is 0 Å². The number of ether oxygens (including phenoxy) is 1. The Morgan fingerprint density at radius 2 is 2.05 bits per heavy atom. The number of benzene rings is 1. The highest BCUT2D eigenvalue weighted by molar-refractivity contribution is 5.89. The van der Waals surface area contributed by atoms with Gasteiger partial charge in [-0.15, -0.1) is 0 Å². The van der Waals surface area contributed by atoms with Gasteiger partial charge in [-0.3, -0.25) is 0 Å². The lowest BCUT2D eigenvalue weighted by Gasteiger charge is -2.18. The predicted octanol–water partition coefficient (Wildman–Crippen LogP) is 3.49. The number of nitrogens with zero attached hydrogens (tertiary/aromatic N) is 1. The molecule has 0 spiro atoms. The SMILES string of the molecule is CCCC1CCN(c2ccc(C(=O)OCC)cc2)C1. The standard InChI is InChI=1S/C16H23NO2/c1-3-5-13-10-11-17(12-13)15-8-6-14(7-9-15)16(18)19-4-2/h6-9,13H,3-5,10-12H2,1-2H3. The molecule has 1 unspecified atom stereocenters. The second kappa shape index (κ2) is 6.60. The molecule has 0 aliphatic carbocycles. The Morgan fingerprint density at radius 1 is 1.32 bits per heavy atom. The molecular weight excluding hydrogens is 238 g/mol. The Labute approximate surface area is 115 Å². The fraction of sp³-hybridized carbons (Fsp3) is 0.562. The molecule has 3 heteroatoms. The summed E-state index contributed by atoms with van der Waals surface area (Å²) >= 11 is 0. The van der Waals surface area contributed by atoms with Gasteiger partial charge in [-0.1, -0.05) is 13.3 Å². The van der Waals surface area contributed by atoms with Gasteiger partial charge in [-0.2, -0.15) is 0 Å². The van der Waals surface area contributed by atoms with Crippen molar-refractivity contribution in [3.63, 3.8) is 0 Å². The smallest absolute Gasteiger partial charge is 0.338 e. The first-order chi connectivity index (χ1) is 9.24. The third kappa shape index (κ3) is 3.49. The summed E-state index contributed by atoms with van der Waals surface area (Å²) in [5, 5.41) is 0. The predicted molar refractivity (Wildman–Crippen MR) is 77.6 cm³/mol. The highest BCUT2D eigenvalue weighted by atomic mass is 16.5.